The zero-order chi connectivity index (χ0) is 9.61. The van der Waals surface area contributed by atoms with E-state index in [4.69, 9.17) is 10.8 Å². The summed E-state index contributed by atoms with van der Waals surface area (Å²) in [6, 6.07) is 0. The quantitative estimate of drug-likeness (QED) is 0.645. The lowest BCUT2D eigenvalue weighted by Crippen LogP contribution is -2.45. The standard InChI is InChI=1S/C9H20FNO/c1-3-8(2)6-9(11,7-12)4-5-10/h8,12H,3-7,11H2,1-2H3. The second-order valence-electron chi connectivity index (χ2n) is 3.68. The van der Waals surface area contributed by atoms with Gasteiger partial charge >= 0.3 is 0 Å². The van der Waals surface area contributed by atoms with Crippen LogP contribution < -0.4 is 5.73 Å². The molecule has 3 N–H and O–H groups in total. The fourth-order valence-corrected chi connectivity index (χ4v) is 1.27. The first-order valence-corrected chi connectivity index (χ1v) is 4.53. The minimum atomic E-state index is -0.704. The molecule has 0 amide bonds. The molecule has 0 bridgehead atoms. The highest BCUT2D eigenvalue weighted by Crippen LogP contribution is 2.19. The third kappa shape index (κ3) is 4.02. The fraction of sp³-hybridized carbons (Fsp3) is 1.00. The van der Waals surface area contributed by atoms with E-state index in [0.29, 0.717) is 12.3 Å². The molecule has 0 aromatic heterocycles. The summed E-state index contributed by atoms with van der Waals surface area (Å²) in [5.74, 6) is 0.452. The van der Waals surface area contributed by atoms with Crippen LogP contribution in [0.4, 0.5) is 4.39 Å². The van der Waals surface area contributed by atoms with Crippen LogP contribution in [0.15, 0.2) is 0 Å². The van der Waals surface area contributed by atoms with Crippen molar-refractivity contribution >= 4 is 0 Å². The Morgan fingerprint density at radius 3 is 2.50 bits per heavy atom. The Kier molecular flexibility index (Phi) is 5.42. The van der Waals surface area contributed by atoms with E-state index in [9.17, 15) is 4.39 Å². The molecule has 0 saturated heterocycles. The first-order valence-electron chi connectivity index (χ1n) is 4.53. The van der Waals surface area contributed by atoms with Crippen molar-refractivity contribution in [2.75, 3.05) is 13.3 Å². The third-order valence-electron chi connectivity index (χ3n) is 2.36. The van der Waals surface area contributed by atoms with Crippen LogP contribution in [0.3, 0.4) is 0 Å². The van der Waals surface area contributed by atoms with Gasteiger partial charge in [-0.3, -0.25) is 4.39 Å². The highest BCUT2D eigenvalue weighted by atomic mass is 19.1. The van der Waals surface area contributed by atoms with E-state index < -0.39 is 12.2 Å². The molecule has 0 spiro atoms. The Balaban J connectivity index is 3.94. The zero-order valence-corrected chi connectivity index (χ0v) is 8.02. The van der Waals surface area contributed by atoms with Crippen LogP contribution in [-0.2, 0) is 0 Å². The van der Waals surface area contributed by atoms with Crippen molar-refractivity contribution in [2.24, 2.45) is 11.7 Å². The van der Waals surface area contributed by atoms with Crippen LogP contribution in [-0.4, -0.2) is 23.9 Å². The van der Waals surface area contributed by atoms with Gasteiger partial charge in [-0.2, -0.15) is 0 Å². The number of alkyl halides is 1. The van der Waals surface area contributed by atoms with Gasteiger partial charge < -0.3 is 10.8 Å². The van der Waals surface area contributed by atoms with E-state index in [1.54, 1.807) is 0 Å². The zero-order valence-electron chi connectivity index (χ0n) is 8.02. The molecule has 0 aliphatic rings. The number of halogens is 1. The van der Waals surface area contributed by atoms with Crippen LogP contribution in [0.2, 0.25) is 0 Å². The van der Waals surface area contributed by atoms with E-state index in [1.165, 1.54) is 0 Å². The predicted octanol–water partition coefficient (Wildman–Crippen LogP) is 1.47. The first-order chi connectivity index (χ1) is 5.58. The molecular weight excluding hydrogens is 157 g/mol. The van der Waals surface area contributed by atoms with Crippen LogP contribution >= 0.6 is 0 Å². The molecule has 0 aliphatic heterocycles. The number of hydrogen-bond donors (Lipinski definition) is 2. The SMILES string of the molecule is CCC(C)CC(N)(CO)CCF. The van der Waals surface area contributed by atoms with E-state index >= 15 is 0 Å². The monoisotopic (exact) mass is 177 g/mol. The Labute approximate surface area is 74.0 Å². The second kappa shape index (κ2) is 5.49. The number of hydrogen-bond acceptors (Lipinski definition) is 2. The second-order valence-corrected chi connectivity index (χ2v) is 3.68. The molecule has 0 rings (SSSR count). The predicted molar refractivity (Wildman–Crippen MR) is 48.7 cm³/mol. The van der Waals surface area contributed by atoms with E-state index in [0.717, 1.165) is 6.42 Å². The summed E-state index contributed by atoms with van der Waals surface area (Å²) >= 11 is 0. The molecule has 0 aromatic rings. The molecule has 0 aromatic carbocycles. The number of nitrogens with two attached hydrogens (primary N) is 1. The maximum Gasteiger partial charge on any atom is 0.0912 e. The largest absolute Gasteiger partial charge is 0.394 e. The Morgan fingerprint density at radius 2 is 2.17 bits per heavy atom. The molecule has 0 radical (unpaired) electrons. The maximum absolute atomic E-state index is 12.0. The van der Waals surface area contributed by atoms with Crippen LogP contribution in [0.5, 0.6) is 0 Å². The molecule has 0 heterocycles. The molecule has 3 heteroatoms. The van der Waals surface area contributed by atoms with Gasteiger partial charge in [0.15, 0.2) is 0 Å². The molecule has 2 atom stereocenters. The molecule has 12 heavy (non-hydrogen) atoms. The molecule has 2 unspecified atom stereocenters. The molecule has 2 nitrogen and oxygen atoms in total. The number of aliphatic hydroxyl groups is 1. The van der Waals surface area contributed by atoms with Crippen molar-refractivity contribution in [2.45, 2.75) is 38.6 Å². The van der Waals surface area contributed by atoms with Crippen molar-refractivity contribution in [1.29, 1.82) is 0 Å². The average molecular weight is 177 g/mol. The highest BCUT2D eigenvalue weighted by Gasteiger charge is 2.25. The summed E-state index contributed by atoms with van der Waals surface area (Å²) in [6.45, 7) is 3.56. The lowest BCUT2D eigenvalue weighted by Gasteiger charge is -2.28. The van der Waals surface area contributed by atoms with Crippen molar-refractivity contribution in [3.8, 4) is 0 Å². The molecular formula is C9H20FNO. The summed E-state index contributed by atoms with van der Waals surface area (Å²) in [6.07, 6.45) is 1.98. The van der Waals surface area contributed by atoms with Gasteiger partial charge in [-0.25, -0.2) is 0 Å². The summed E-state index contributed by atoms with van der Waals surface area (Å²) in [5.41, 5.74) is 5.09. The summed E-state index contributed by atoms with van der Waals surface area (Å²) in [4.78, 5) is 0. The molecule has 74 valence electrons. The first kappa shape index (κ1) is 11.8. The summed E-state index contributed by atoms with van der Waals surface area (Å²) < 4.78 is 12.0. The molecule has 0 aliphatic carbocycles. The van der Waals surface area contributed by atoms with Gasteiger partial charge in [0.25, 0.3) is 0 Å². The topological polar surface area (TPSA) is 46.2 Å². The van der Waals surface area contributed by atoms with E-state index in [2.05, 4.69) is 13.8 Å². The fourth-order valence-electron chi connectivity index (χ4n) is 1.27. The van der Waals surface area contributed by atoms with Crippen molar-refractivity contribution in [3.63, 3.8) is 0 Å². The summed E-state index contributed by atoms with van der Waals surface area (Å²) in [7, 11) is 0. The van der Waals surface area contributed by atoms with E-state index in [1.807, 2.05) is 0 Å². The minimum Gasteiger partial charge on any atom is -0.394 e. The Bertz CT molecular complexity index is 121. The lowest BCUT2D eigenvalue weighted by molar-refractivity contribution is 0.152. The van der Waals surface area contributed by atoms with E-state index in [-0.39, 0.29) is 13.0 Å². The molecule has 0 fully saturated rings. The average Bonchev–Trinajstić information content (AvgIpc) is 2.05. The van der Waals surface area contributed by atoms with Gasteiger partial charge in [-0.1, -0.05) is 20.3 Å². The number of aliphatic hydroxyl groups excluding tert-OH is 1. The third-order valence-corrected chi connectivity index (χ3v) is 2.36. The van der Waals surface area contributed by atoms with Crippen molar-refractivity contribution < 1.29 is 9.50 Å². The highest BCUT2D eigenvalue weighted by molar-refractivity contribution is 4.84. The van der Waals surface area contributed by atoms with Crippen molar-refractivity contribution in [3.05, 3.63) is 0 Å². The maximum atomic E-state index is 12.0. The van der Waals surface area contributed by atoms with Crippen LogP contribution in [0, 0.1) is 5.92 Å². The van der Waals surface area contributed by atoms with Gasteiger partial charge in [0, 0.05) is 5.54 Å². The normalized spacial score (nSPS) is 18.8. The van der Waals surface area contributed by atoms with Crippen molar-refractivity contribution in [1.82, 2.24) is 0 Å². The van der Waals surface area contributed by atoms with Gasteiger partial charge in [0.1, 0.15) is 0 Å². The van der Waals surface area contributed by atoms with Gasteiger partial charge in [0.05, 0.1) is 13.3 Å². The Morgan fingerprint density at radius 1 is 1.58 bits per heavy atom. The van der Waals surface area contributed by atoms with Crippen LogP contribution in [0.25, 0.3) is 0 Å². The Hall–Kier alpha value is -0.150. The minimum absolute atomic E-state index is 0.124. The smallest absolute Gasteiger partial charge is 0.0912 e. The summed E-state index contributed by atoms with van der Waals surface area (Å²) in [5, 5.41) is 8.97. The number of rotatable bonds is 6. The van der Waals surface area contributed by atoms with Gasteiger partial charge in [0.2, 0.25) is 0 Å². The van der Waals surface area contributed by atoms with Gasteiger partial charge in [-0.05, 0) is 18.8 Å². The van der Waals surface area contributed by atoms with Gasteiger partial charge in [-0.15, -0.1) is 0 Å². The lowest BCUT2D eigenvalue weighted by atomic mass is 9.86. The molecule has 0 saturated carbocycles. The van der Waals surface area contributed by atoms with Crippen LogP contribution in [0.1, 0.15) is 33.1 Å².